The fourth-order valence-electron chi connectivity index (χ4n) is 2.75. The summed E-state index contributed by atoms with van der Waals surface area (Å²) in [4.78, 5) is 12.0. The molecule has 8 heteroatoms. The molecule has 1 heterocycles. The van der Waals surface area contributed by atoms with Crippen molar-refractivity contribution < 1.29 is 28.3 Å². The molecule has 0 spiro atoms. The fraction of sp³-hybridized carbons (Fsp3) is 0.591. The van der Waals surface area contributed by atoms with Gasteiger partial charge < -0.3 is 23.5 Å². The van der Waals surface area contributed by atoms with Crippen molar-refractivity contribution in [3.05, 3.63) is 29.8 Å². The van der Waals surface area contributed by atoms with Crippen molar-refractivity contribution in [2.45, 2.75) is 64.6 Å². The Kier molecular flexibility index (Phi) is 7.96. The van der Waals surface area contributed by atoms with Gasteiger partial charge in [-0.2, -0.15) is 0 Å². The predicted octanol–water partition coefficient (Wildman–Crippen LogP) is 3.86. The third-order valence-electron chi connectivity index (χ3n) is 5.38. The first-order valence-electron chi connectivity index (χ1n) is 10.3. The predicted molar refractivity (Wildman–Crippen MR) is 123 cm³/mol. The minimum atomic E-state index is -1.23. The van der Waals surface area contributed by atoms with E-state index in [0.29, 0.717) is 12.4 Å². The molecule has 1 aromatic carbocycles. The molecule has 0 aromatic heterocycles. The third kappa shape index (κ3) is 6.70. The van der Waals surface area contributed by atoms with Gasteiger partial charge in [0.15, 0.2) is 6.79 Å². The van der Waals surface area contributed by atoms with Gasteiger partial charge in [0.05, 0.1) is 17.8 Å². The summed E-state index contributed by atoms with van der Waals surface area (Å²) >= 11 is 0. The van der Waals surface area contributed by atoms with Gasteiger partial charge in [-0.05, 0) is 51.4 Å². The summed E-state index contributed by atoms with van der Waals surface area (Å²) in [6.45, 7) is 15.3. The maximum Gasteiger partial charge on any atom is 0.498 e. The summed E-state index contributed by atoms with van der Waals surface area (Å²) in [5.74, 6) is 0.273. The van der Waals surface area contributed by atoms with E-state index in [1.54, 1.807) is 13.2 Å². The lowest BCUT2D eigenvalue weighted by Crippen LogP contribution is -2.41. The van der Waals surface area contributed by atoms with Gasteiger partial charge in [-0.3, -0.25) is 0 Å². The van der Waals surface area contributed by atoms with Crippen molar-refractivity contribution in [3.8, 4) is 5.75 Å². The molecule has 2 rings (SSSR count). The molecule has 0 N–H and O–H groups in total. The highest BCUT2D eigenvalue weighted by molar-refractivity contribution is 6.76. The summed E-state index contributed by atoms with van der Waals surface area (Å²) < 4.78 is 28.4. The van der Waals surface area contributed by atoms with Crippen LogP contribution in [0, 0.1) is 0 Å². The zero-order chi connectivity index (χ0) is 22.6. The van der Waals surface area contributed by atoms with Crippen LogP contribution in [0.15, 0.2) is 24.3 Å². The minimum Gasteiger partial charge on any atom is -0.468 e. The van der Waals surface area contributed by atoms with Crippen molar-refractivity contribution >= 4 is 32.7 Å². The molecular weight excluding hydrogens is 399 g/mol. The molecule has 1 aliphatic rings. The van der Waals surface area contributed by atoms with Gasteiger partial charge in [-0.15, -0.1) is 0 Å². The molecule has 6 nitrogen and oxygen atoms in total. The van der Waals surface area contributed by atoms with Crippen molar-refractivity contribution in [1.82, 2.24) is 0 Å². The van der Waals surface area contributed by atoms with Crippen molar-refractivity contribution in [3.63, 3.8) is 0 Å². The molecule has 1 fully saturated rings. The Bertz CT molecular complexity index is 753. The van der Waals surface area contributed by atoms with Crippen LogP contribution in [-0.2, 0) is 23.6 Å². The van der Waals surface area contributed by atoms with Crippen molar-refractivity contribution in [2.75, 3.05) is 20.5 Å². The van der Waals surface area contributed by atoms with E-state index in [1.165, 1.54) is 6.08 Å². The van der Waals surface area contributed by atoms with E-state index in [-0.39, 0.29) is 12.8 Å². The van der Waals surface area contributed by atoms with Crippen LogP contribution in [0.4, 0.5) is 0 Å². The van der Waals surface area contributed by atoms with E-state index in [0.717, 1.165) is 17.1 Å². The van der Waals surface area contributed by atoms with Crippen LogP contribution in [0.2, 0.25) is 25.7 Å². The lowest BCUT2D eigenvalue weighted by atomic mass is 9.77. The summed E-state index contributed by atoms with van der Waals surface area (Å²) in [5, 5.41) is 0. The maximum atomic E-state index is 12.0. The number of rotatable bonds is 9. The molecular formula is C22H35BO6Si. The van der Waals surface area contributed by atoms with E-state index in [2.05, 4.69) is 19.6 Å². The largest absolute Gasteiger partial charge is 0.498 e. The highest BCUT2D eigenvalue weighted by Gasteiger charge is 2.52. The molecule has 166 valence electrons. The number of ether oxygens (including phenoxy) is 3. The molecule has 1 aliphatic heterocycles. The van der Waals surface area contributed by atoms with Crippen LogP contribution in [0.1, 0.15) is 33.3 Å². The molecule has 0 radical (unpaired) electrons. The van der Waals surface area contributed by atoms with E-state index < -0.39 is 26.4 Å². The Hall–Kier alpha value is -1.61. The lowest BCUT2D eigenvalue weighted by Gasteiger charge is -2.32. The van der Waals surface area contributed by atoms with Crippen LogP contribution in [-0.4, -0.2) is 52.9 Å². The molecule has 0 aliphatic carbocycles. The smallest absolute Gasteiger partial charge is 0.468 e. The van der Waals surface area contributed by atoms with Gasteiger partial charge in [0.2, 0.25) is 0 Å². The normalized spacial score (nSPS) is 18.1. The number of hydrogen-bond acceptors (Lipinski definition) is 6. The first-order valence-corrected chi connectivity index (χ1v) is 14.0. The summed E-state index contributed by atoms with van der Waals surface area (Å²) in [5.41, 5.74) is 0.635. The number of methoxy groups -OCH3 is 1. The molecule has 1 saturated heterocycles. The average Bonchev–Trinajstić information content (AvgIpc) is 2.85. The first kappa shape index (κ1) is 24.7. The molecule has 0 saturated carbocycles. The number of carbonyl (C=O) groups excluding carboxylic acids is 1. The van der Waals surface area contributed by atoms with Crippen LogP contribution < -0.4 is 10.2 Å². The van der Waals surface area contributed by atoms with Crippen molar-refractivity contribution in [2.24, 2.45) is 0 Å². The number of esters is 1. The van der Waals surface area contributed by atoms with E-state index >= 15 is 0 Å². The van der Waals surface area contributed by atoms with E-state index in [4.69, 9.17) is 23.5 Å². The Morgan fingerprint density at radius 2 is 1.77 bits per heavy atom. The second-order valence-electron chi connectivity index (χ2n) is 9.75. The van der Waals surface area contributed by atoms with Crippen LogP contribution in [0.25, 0.3) is 6.08 Å². The topological polar surface area (TPSA) is 63.2 Å². The van der Waals surface area contributed by atoms with Crippen molar-refractivity contribution in [1.29, 1.82) is 0 Å². The minimum absolute atomic E-state index is 0.116. The van der Waals surface area contributed by atoms with Gasteiger partial charge in [0.25, 0.3) is 0 Å². The standard InChI is InChI=1S/C22H35BO6Si/c1-21(2)22(3,4)29-23(28-21)18-15-17(9-11-19(18)27-16-25-5)10-12-20(24)26-13-14-30(6,7)8/h9-12,15H,13-14,16H2,1-8H3/b12-10-. The van der Waals surface area contributed by atoms with Gasteiger partial charge in [0, 0.05) is 26.7 Å². The van der Waals surface area contributed by atoms with Gasteiger partial charge in [-0.1, -0.05) is 31.8 Å². The highest BCUT2D eigenvalue weighted by Crippen LogP contribution is 2.37. The maximum absolute atomic E-state index is 12.0. The second kappa shape index (κ2) is 9.68. The second-order valence-corrected chi connectivity index (χ2v) is 15.4. The highest BCUT2D eigenvalue weighted by atomic mass is 28.3. The van der Waals surface area contributed by atoms with Gasteiger partial charge >= 0.3 is 13.1 Å². The quantitative estimate of drug-likeness (QED) is 0.255. The van der Waals surface area contributed by atoms with Gasteiger partial charge in [0.1, 0.15) is 5.75 Å². The Morgan fingerprint density at radius 1 is 1.13 bits per heavy atom. The molecule has 0 unspecified atom stereocenters. The fourth-order valence-corrected chi connectivity index (χ4v) is 3.46. The third-order valence-corrected chi connectivity index (χ3v) is 7.09. The SMILES string of the molecule is COCOc1ccc(/C=C\C(=O)OCC[Si](C)(C)C)cc1B1OC(C)(C)C(C)(C)O1. The molecule has 0 atom stereocenters. The molecule has 0 bridgehead atoms. The molecule has 0 amide bonds. The zero-order valence-electron chi connectivity index (χ0n) is 19.5. The summed E-state index contributed by atoms with van der Waals surface area (Å²) in [7, 11) is -0.244. The van der Waals surface area contributed by atoms with Crippen LogP contribution in [0.5, 0.6) is 5.75 Å². The first-order chi connectivity index (χ1) is 13.8. The van der Waals surface area contributed by atoms with Gasteiger partial charge in [-0.25, -0.2) is 4.79 Å². The zero-order valence-corrected chi connectivity index (χ0v) is 20.5. The summed E-state index contributed by atoms with van der Waals surface area (Å²) in [6, 6.07) is 6.55. The molecule has 1 aromatic rings. The average molecular weight is 434 g/mol. The number of benzene rings is 1. The Balaban J connectivity index is 2.17. The van der Waals surface area contributed by atoms with E-state index in [9.17, 15) is 4.79 Å². The van der Waals surface area contributed by atoms with Crippen LogP contribution >= 0.6 is 0 Å². The van der Waals surface area contributed by atoms with E-state index in [1.807, 2.05) is 45.9 Å². The lowest BCUT2D eigenvalue weighted by molar-refractivity contribution is -0.137. The summed E-state index contributed by atoms with van der Waals surface area (Å²) in [6.07, 6.45) is 3.18. The molecule has 30 heavy (non-hydrogen) atoms. The monoisotopic (exact) mass is 434 g/mol. The Morgan fingerprint density at radius 3 is 2.33 bits per heavy atom. The number of carbonyl (C=O) groups is 1. The van der Waals surface area contributed by atoms with Crippen LogP contribution in [0.3, 0.4) is 0 Å². The Labute approximate surface area is 182 Å². The number of hydrogen-bond donors (Lipinski definition) is 0.